The van der Waals surface area contributed by atoms with Gasteiger partial charge < -0.3 is 15.1 Å². The smallest absolute Gasteiger partial charge is 0.292 e. The molecule has 0 aliphatic carbocycles. The summed E-state index contributed by atoms with van der Waals surface area (Å²) in [5.41, 5.74) is 2.54. The molecule has 0 bridgehead atoms. The van der Waals surface area contributed by atoms with Crippen LogP contribution in [-0.2, 0) is 4.79 Å². The van der Waals surface area contributed by atoms with E-state index >= 15 is 0 Å². The van der Waals surface area contributed by atoms with Gasteiger partial charge in [-0.3, -0.25) is 14.9 Å². The zero-order valence-corrected chi connectivity index (χ0v) is 14.7. The number of nitrogens with zero attached hydrogens (tertiary/aromatic N) is 3. The molecule has 1 amide bonds. The van der Waals surface area contributed by atoms with Crippen LogP contribution in [0.5, 0.6) is 0 Å². The molecule has 1 fully saturated rings. The maximum Gasteiger partial charge on any atom is 0.292 e. The van der Waals surface area contributed by atoms with Crippen molar-refractivity contribution in [1.82, 2.24) is 4.90 Å². The van der Waals surface area contributed by atoms with Crippen LogP contribution in [0, 0.1) is 10.1 Å². The molecule has 2 aromatic rings. The number of anilines is 2. The fourth-order valence-corrected chi connectivity index (χ4v) is 3.14. The summed E-state index contributed by atoms with van der Waals surface area (Å²) >= 11 is 0. The monoisotopic (exact) mass is 354 g/mol. The van der Waals surface area contributed by atoms with Crippen molar-refractivity contribution >= 4 is 23.5 Å². The minimum atomic E-state index is -0.367. The van der Waals surface area contributed by atoms with Crippen molar-refractivity contribution in [1.29, 1.82) is 0 Å². The number of hydrogen-bond donors (Lipinski definition) is 1. The molecular weight excluding hydrogens is 332 g/mol. The fraction of sp³-hybridized carbons (Fsp3) is 0.316. The third-order valence-corrected chi connectivity index (χ3v) is 4.68. The van der Waals surface area contributed by atoms with Gasteiger partial charge in [0.05, 0.1) is 4.92 Å². The van der Waals surface area contributed by atoms with Crippen LogP contribution in [0.2, 0.25) is 0 Å². The number of carbonyl (C=O) groups excluding carboxylic acids is 1. The van der Waals surface area contributed by atoms with Crippen LogP contribution in [-0.4, -0.2) is 42.4 Å². The second-order valence-electron chi connectivity index (χ2n) is 6.36. The van der Waals surface area contributed by atoms with Gasteiger partial charge in [-0.05, 0) is 24.6 Å². The summed E-state index contributed by atoms with van der Waals surface area (Å²) in [6, 6.07) is 14.9. The first-order valence-electron chi connectivity index (χ1n) is 8.62. The van der Waals surface area contributed by atoms with Crippen LogP contribution in [0.15, 0.2) is 48.5 Å². The number of amides is 1. The topological polar surface area (TPSA) is 78.7 Å². The number of nitrogens with one attached hydrogen (secondary N) is 1. The van der Waals surface area contributed by atoms with Crippen molar-refractivity contribution in [3.8, 4) is 0 Å². The number of nitro benzene ring substituents is 1. The third kappa shape index (κ3) is 3.93. The third-order valence-electron chi connectivity index (χ3n) is 4.68. The van der Waals surface area contributed by atoms with E-state index in [9.17, 15) is 14.9 Å². The zero-order chi connectivity index (χ0) is 18.5. The molecule has 1 heterocycles. The van der Waals surface area contributed by atoms with Gasteiger partial charge >= 0.3 is 0 Å². The molecule has 1 N–H and O–H groups in total. The first kappa shape index (κ1) is 17.7. The minimum Gasteiger partial charge on any atom is -0.373 e. The van der Waals surface area contributed by atoms with Crippen molar-refractivity contribution < 1.29 is 9.72 Å². The quantitative estimate of drug-likeness (QED) is 0.490. The van der Waals surface area contributed by atoms with Crippen molar-refractivity contribution in [3.05, 3.63) is 64.2 Å². The van der Waals surface area contributed by atoms with Crippen LogP contribution in [0.1, 0.15) is 18.5 Å². The van der Waals surface area contributed by atoms with Gasteiger partial charge in [0.15, 0.2) is 0 Å². The largest absolute Gasteiger partial charge is 0.373 e. The predicted molar refractivity (Wildman–Crippen MR) is 101 cm³/mol. The van der Waals surface area contributed by atoms with E-state index in [4.69, 9.17) is 0 Å². The highest BCUT2D eigenvalue weighted by atomic mass is 16.6. The highest BCUT2D eigenvalue weighted by Gasteiger charge is 2.21. The van der Waals surface area contributed by atoms with Crippen LogP contribution < -0.4 is 10.2 Å². The summed E-state index contributed by atoms with van der Waals surface area (Å²) in [6.07, 6.45) is 0.863. The number of carbonyl (C=O) groups is 1. The Hall–Kier alpha value is -3.09. The predicted octanol–water partition coefficient (Wildman–Crippen LogP) is 3.05. The van der Waals surface area contributed by atoms with E-state index in [1.54, 1.807) is 17.0 Å². The Morgan fingerprint density at radius 1 is 1.12 bits per heavy atom. The number of benzene rings is 2. The highest BCUT2D eigenvalue weighted by molar-refractivity contribution is 5.70. The van der Waals surface area contributed by atoms with Crippen LogP contribution >= 0.6 is 0 Å². The van der Waals surface area contributed by atoms with E-state index in [0.29, 0.717) is 31.9 Å². The molecule has 1 saturated heterocycles. The fourth-order valence-electron chi connectivity index (χ4n) is 3.14. The molecule has 1 aliphatic rings. The van der Waals surface area contributed by atoms with Gasteiger partial charge in [0.2, 0.25) is 6.41 Å². The summed E-state index contributed by atoms with van der Waals surface area (Å²) in [4.78, 5) is 25.8. The van der Waals surface area contributed by atoms with Crippen LogP contribution in [0.25, 0.3) is 0 Å². The van der Waals surface area contributed by atoms with Gasteiger partial charge in [-0.25, -0.2) is 0 Å². The summed E-state index contributed by atoms with van der Waals surface area (Å²) in [7, 11) is 0. The highest BCUT2D eigenvalue weighted by Crippen LogP contribution is 2.32. The normalized spacial score (nSPS) is 15.4. The second kappa shape index (κ2) is 7.86. The molecule has 7 nitrogen and oxygen atoms in total. The molecular formula is C19H22N4O3. The lowest BCUT2D eigenvalue weighted by Gasteiger charge is -2.34. The van der Waals surface area contributed by atoms with E-state index in [0.717, 1.165) is 17.7 Å². The molecule has 0 radical (unpaired) electrons. The van der Waals surface area contributed by atoms with E-state index < -0.39 is 0 Å². The molecule has 7 heteroatoms. The first-order chi connectivity index (χ1) is 12.6. The lowest BCUT2D eigenvalue weighted by atomic mass is 10.1. The lowest BCUT2D eigenvalue weighted by Crippen LogP contribution is -2.45. The van der Waals surface area contributed by atoms with Crippen LogP contribution in [0.4, 0.5) is 17.1 Å². The Kier molecular flexibility index (Phi) is 5.36. The van der Waals surface area contributed by atoms with Crippen LogP contribution in [0.3, 0.4) is 0 Å². The Morgan fingerprint density at radius 3 is 2.42 bits per heavy atom. The van der Waals surface area contributed by atoms with Crippen molar-refractivity contribution in [2.45, 2.75) is 13.0 Å². The molecule has 136 valence electrons. The van der Waals surface area contributed by atoms with E-state index in [2.05, 4.69) is 10.2 Å². The molecule has 1 unspecified atom stereocenters. The number of nitro groups is 1. The lowest BCUT2D eigenvalue weighted by molar-refractivity contribution is -0.384. The zero-order valence-electron chi connectivity index (χ0n) is 14.7. The molecule has 1 atom stereocenters. The minimum absolute atomic E-state index is 0.0583. The maximum atomic E-state index is 11.4. The average molecular weight is 354 g/mol. The second-order valence-corrected chi connectivity index (χ2v) is 6.36. The van der Waals surface area contributed by atoms with Crippen molar-refractivity contribution in [2.24, 2.45) is 0 Å². The molecule has 0 aromatic heterocycles. The number of piperazine rings is 1. The summed E-state index contributed by atoms with van der Waals surface area (Å²) in [5, 5.41) is 14.7. The standard InChI is InChI=1S/C19H22N4O3/c1-15(16-5-3-2-4-6-16)20-18-13-17(7-8-19(18)23(25)26)22-11-9-21(14-24)10-12-22/h2-8,13-15,20H,9-12H2,1H3. The van der Waals surface area contributed by atoms with Gasteiger partial charge in [0, 0.05) is 44.0 Å². The van der Waals surface area contributed by atoms with Crippen molar-refractivity contribution in [2.75, 3.05) is 36.4 Å². The molecule has 3 rings (SSSR count). The Labute approximate surface area is 152 Å². The Morgan fingerprint density at radius 2 is 1.81 bits per heavy atom. The first-order valence-corrected chi connectivity index (χ1v) is 8.62. The van der Waals surface area contributed by atoms with E-state index in [1.165, 1.54) is 0 Å². The number of hydrogen-bond acceptors (Lipinski definition) is 5. The summed E-state index contributed by atoms with van der Waals surface area (Å²) in [5.74, 6) is 0. The van der Waals surface area contributed by atoms with Gasteiger partial charge in [-0.2, -0.15) is 0 Å². The van der Waals surface area contributed by atoms with E-state index in [-0.39, 0.29) is 16.7 Å². The SMILES string of the molecule is CC(Nc1cc(N2CCN(C=O)CC2)ccc1[N+](=O)[O-])c1ccccc1. The van der Waals surface area contributed by atoms with Gasteiger partial charge in [0.1, 0.15) is 5.69 Å². The average Bonchev–Trinajstić information content (AvgIpc) is 2.68. The molecule has 0 saturated carbocycles. The maximum absolute atomic E-state index is 11.4. The number of rotatable bonds is 6. The van der Waals surface area contributed by atoms with E-state index in [1.807, 2.05) is 43.3 Å². The Bertz CT molecular complexity index is 774. The molecule has 26 heavy (non-hydrogen) atoms. The van der Waals surface area contributed by atoms with Crippen molar-refractivity contribution in [3.63, 3.8) is 0 Å². The summed E-state index contributed by atoms with van der Waals surface area (Å²) < 4.78 is 0. The molecule has 0 spiro atoms. The summed E-state index contributed by atoms with van der Waals surface area (Å²) in [6.45, 7) is 4.72. The van der Waals surface area contributed by atoms with Gasteiger partial charge in [-0.15, -0.1) is 0 Å². The molecule has 2 aromatic carbocycles. The Balaban J connectivity index is 1.83. The van der Waals surface area contributed by atoms with Gasteiger partial charge in [0.25, 0.3) is 5.69 Å². The molecule has 1 aliphatic heterocycles. The van der Waals surface area contributed by atoms with Gasteiger partial charge in [-0.1, -0.05) is 30.3 Å².